The fraction of sp³-hybridized carbons (Fsp3) is 0.488. The predicted molar refractivity (Wildman–Crippen MR) is 204 cm³/mol. The maximum atomic E-state index is 12.7. The molecule has 4 aliphatic rings. The fourth-order valence-corrected chi connectivity index (χ4v) is 10.2. The second-order valence-electron chi connectivity index (χ2n) is 16.5. The number of Topliss-reactive ketones (excluding diaryl/α,β-unsaturated/α-hetero) is 1. The van der Waals surface area contributed by atoms with E-state index in [0.717, 1.165) is 24.8 Å². The summed E-state index contributed by atoms with van der Waals surface area (Å²) in [6, 6.07) is 11.0. The number of allylic oxidation sites excluding steroid dienone is 4. The third kappa shape index (κ3) is 8.08. The highest BCUT2D eigenvalue weighted by Gasteiger charge is 2.68. The predicted octanol–water partition coefficient (Wildman–Crippen LogP) is 3.81. The number of nitrogens with one attached hydrogen (secondary N) is 2. The van der Waals surface area contributed by atoms with Gasteiger partial charge in [0.2, 0.25) is 0 Å². The van der Waals surface area contributed by atoms with Crippen LogP contribution in [-0.2, 0) is 29.2 Å². The SMILES string of the molecule is CC(C)(C)C(=O)Oc1ccc(S(=O)(=O)Nc2ccccc2C(=O)NCC(=O)O)cc1.C[C@]12C=CC(=O)C=C1CC[C@@H]1[C@@H]2[C@@H](O)C[C@@]2(C)[C@H]1CC[C@]2(O)C(=O)CO. The number of hydrogen-bond acceptors (Lipinski definition) is 11. The van der Waals surface area contributed by atoms with Crippen molar-refractivity contribution in [2.75, 3.05) is 17.9 Å². The Bertz CT molecular complexity index is 2070. The number of ether oxygens (including phenoxy) is 1. The van der Waals surface area contributed by atoms with E-state index in [1.165, 1.54) is 48.5 Å². The van der Waals surface area contributed by atoms with Gasteiger partial charge in [-0.25, -0.2) is 8.42 Å². The lowest BCUT2D eigenvalue weighted by atomic mass is 9.46. The second-order valence-corrected chi connectivity index (χ2v) is 18.2. The van der Waals surface area contributed by atoms with Crippen LogP contribution in [0, 0.1) is 34.0 Å². The van der Waals surface area contributed by atoms with Crippen LogP contribution < -0.4 is 14.8 Å². The zero-order chi connectivity index (χ0) is 41.4. The van der Waals surface area contributed by atoms with Crippen LogP contribution in [0.1, 0.15) is 77.1 Å². The molecule has 4 aliphatic carbocycles. The molecule has 0 heterocycles. The Morgan fingerprint density at radius 3 is 2.29 bits per heavy atom. The summed E-state index contributed by atoms with van der Waals surface area (Å²) >= 11 is 0. The van der Waals surface area contributed by atoms with Gasteiger partial charge < -0.3 is 30.5 Å². The van der Waals surface area contributed by atoms with Gasteiger partial charge in [-0.2, -0.15) is 0 Å². The Morgan fingerprint density at radius 2 is 1.66 bits per heavy atom. The van der Waals surface area contributed by atoms with Crippen molar-refractivity contribution >= 4 is 45.1 Å². The molecule has 0 bridgehead atoms. The molecule has 56 heavy (non-hydrogen) atoms. The third-order valence-electron chi connectivity index (χ3n) is 12.0. The summed E-state index contributed by atoms with van der Waals surface area (Å²) in [5.41, 5.74) is -2.29. The lowest BCUT2D eigenvalue weighted by molar-refractivity contribution is -0.178. The number of carboxylic acids is 1. The molecule has 6 N–H and O–H groups in total. The first-order chi connectivity index (χ1) is 26.1. The highest BCUT2D eigenvalue weighted by Crippen LogP contribution is 2.67. The molecule has 7 atom stereocenters. The van der Waals surface area contributed by atoms with Crippen molar-refractivity contribution in [3.05, 3.63) is 77.9 Å². The van der Waals surface area contributed by atoms with Crippen LogP contribution in [0.25, 0.3) is 0 Å². The summed E-state index contributed by atoms with van der Waals surface area (Å²) in [5.74, 6) is -2.45. The number of aliphatic hydroxyl groups excluding tert-OH is 2. The van der Waals surface area contributed by atoms with Crippen molar-refractivity contribution in [2.24, 2.45) is 34.0 Å². The van der Waals surface area contributed by atoms with Crippen molar-refractivity contribution in [1.82, 2.24) is 5.32 Å². The van der Waals surface area contributed by atoms with Gasteiger partial charge in [-0.15, -0.1) is 0 Å². The molecule has 0 aromatic heterocycles. The van der Waals surface area contributed by atoms with E-state index in [9.17, 15) is 47.7 Å². The van der Waals surface area contributed by atoms with Crippen LogP contribution in [0.5, 0.6) is 5.75 Å². The Hall–Kier alpha value is -4.70. The maximum absolute atomic E-state index is 12.7. The van der Waals surface area contributed by atoms with E-state index in [2.05, 4.69) is 17.0 Å². The summed E-state index contributed by atoms with van der Waals surface area (Å²) in [5, 5.41) is 42.5. The van der Waals surface area contributed by atoms with Gasteiger partial charge in [0.05, 0.1) is 27.7 Å². The summed E-state index contributed by atoms with van der Waals surface area (Å²) in [4.78, 5) is 58.8. The van der Waals surface area contributed by atoms with E-state index in [4.69, 9.17) is 9.84 Å². The summed E-state index contributed by atoms with van der Waals surface area (Å²) < 4.78 is 32.9. The first kappa shape index (κ1) is 42.4. The molecule has 302 valence electrons. The molecular formula is C41H50N2O12S. The summed E-state index contributed by atoms with van der Waals surface area (Å²) in [7, 11) is -4.06. The Morgan fingerprint density at radius 1 is 1.00 bits per heavy atom. The van der Waals surface area contributed by atoms with Crippen molar-refractivity contribution in [3.8, 4) is 5.75 Å². The fourth-order valence-electron chi connectivity index (χ4n) is 9.09. The van der Waals surface area contributed by atoms with Crippen LogP contribution in [0.4, 0.5) is 5.69 Å². The minimum absolute atomic E-state index is 0.00912. The number of carbonyl (C=O) groups excluding carboxylic acids is 4. The van der Waals surface area contributed by atoms with Gasteiger partial charge in [-0.05, 0) is 113 Å². The monoisotopic (exact) mass is 794 g/mol. The number of hydrogen-bond donors (Lipinski definition) is 6. The van der Waals surface area contributed by atoms with Crippen LogP contribution in [-0.4, -0.2) is 83.1 Å². The van der Waals surface area contributed by atoms with Gasteiger partial charge in [-0.1, -0.05) is 37.6 Å². The lowest BCUT2D eigenvalue weighted by Crippen LogP contribution is -2.61. The lowest BCUT2D eigenvalue weighted by Gasteiger charge is -2.59. The molecule has 3 fully saturated rings. The summed E-state index contributed by atoms with van der Waals surface area (Å²) in [6.45, 7) is 7.83. The first-order valence-electron chi connectivity index (χ1n) is 18.5. The molecule has 0 radical (unpaired) electrons. The van der Waals surface area contributed by atoms with E-state index in [0.29, 0.717) is 12.8 Å². The van der Waals surface area contributed by atoms with Gasteiger partial charge in [0.25, 0.3) is 15.9 Å². The van der Waals surface area contributed by atoms with Crippen molar-refractivity contribution in [3.63, 3.8) is 0 Å². The Labute approximate surface area is 326 Å². The molecule has 0 aliphatic heterocycles. The quantitative estimate of drug-likeness (QED) is 0.157. The van der Waals surface area contributed by atoms with Crippen molar-refractivity contribution in [2.45, 2.75) is 83.3 Å². The number of ketones is 2. The largest absolute Gasteiger partial charge is 0.480 e. The van der Waals surface area contributed by atoms with E-state index < -0.39 is 69.3 Å². The molecule has 0 unspecified atom stereocenters. The highest BCUT2D eigenvalue weighted by molar-refractivity contribution is 7.92. The van der Waals surface area contributed by atoms with Gasteiger partial charge in [0.1, 0.15) is 24.5 Å². The number of benzene rings is 2. The number of rotatable bonds is 9. The molecule has 15 heteroatoms. The zero-order valence-corrected chi connectivity index (χ0v) is 32.9. The second kappa shape index (κ2) is 15.7. The molecule has 3 saturated carbocycles. The van der Waals surface area contributed by atoms with E-state index >= 15 is 0 Å². The number of carboxylic acid groups (broad SMARTS) is 1. The highest BCUT2D eigenvalue weighted by atomic mass is 32.2. The van der Waals surface area contributed by atoms with Crippen LogP contribution in [0.3, 0.4) is 0 Å². The number of aliphatic carboxylic acids is 1. The third-order valence-corrected chi connectivity index (χ3v) is 13.4. The molecule has 2 aromatic carbocycles. The molecule has 14 nitrogen and oxygen atoms in total. The number of carbonyl (C=O) groups is 5. The Kier molecular flexibility index (Phi) is 11.9. The number of esters is 1. The van der Waals surface area contributed by atoms with Gasteiger partial charge in [0, 0.05) is 16.7 Å². The number of fused-ring (bicyclic) bond motifs is 5. The smallest absolute Gasteiger partial charge is 0.322 e. The van der Waals surface area contributed by atoms with Gasteiger partial charge >= 0.3 is 11.9 Å². The van der Waals surface area contributed by atoms with E-state index in [-0.39, 0.29) is 50.8 Å². The number of para-hydroxylation sites is 1. The topological polar surface area (TPSA) is 234 Å². The number of amides is 1. The molecular weight excluding hydrogens is 745 g/mol. The first-order valence-corrected chi connectivity index (χ1v) is 20.0. The van der Waals surface area contributed by atoms with Crippen LogP contribution in [0.2, 0.25) is 0 Å². The minimum atomic E-state index is -4.06. The van der Waals surface area contributed by atoms with Gasteiger partial charge in [-0.3, -0.25) is 28.7 Å². The average molecular weight is 795 g/mol. The normalized spacial score (nSPS) is 29.3. The number of sulfonamides is 1. The maximum Gasteiger partial charge on any atom is 0.322 e. The van der Waals surface area contributed by atoms with Crippen molar-refractivity contribution in [1.29, 1.82) is 0 Å². The van der Waals surface area contributed by atoms with E-state index in [1.54, 1.807) is 32.9 Å². The minimum Gasteiger partial charge on any atom is -0.480 e. The Balaban J connectivity index is 0.000000216. The standard InChI is InChI=1S/C21H28O5.C20H22N2O7S/c1-19-7-5-13(23)9-12(19)3-4-14-15-6-8-21(26,17(25)11-22)20(15,2)10-16(24)18(14)19;1-20(2,3)19(26)29-13-8-10-14(11-9-13)30(27,28)22-16-7-5-4-6-15(16)18(25)21-12-17(23)24/h5,7,9,14-16,18,22,24,26H,3-4,6,8,10-11H2,1-2H3;4-11,22H,12H2,1-3H3,(H,21,25)(H,23,24)/t14-,15-,16-,18+,19-,20-,21-;/m0./s1. The zero-order valence-electron chi connectivity index (χ0n) is 32.1. The van der Waals surface area contributed by atoms with Crippen LogP contribution in [0.15, 0.2) is 77.2 Å². The molecule has 2 aromatic rings. The number of aliphatic hydroxyl groups is 3. The molecule has 1 amide bonds. The van der Waals surface area contributed by atoms with Crippen molar-refractivity contribution < 1.29 is 57.6 Å². The molecule has 6 rings (SSSR count). The average Bonchev–Trinajstić information content (AvgIpc) is 3.40. The molecule has 0 spiro atoms. The number of anilines is 1. The summed E-state index contributed by atoms with van der Waals surface area (Å²) in [6.07, 6.45) is 7.68. The van der Waals surface area contributed by atoms with E-state index in [1.807, 2.05) is 13.0 Å². The van der Waals surface area contributed by atoms with Crippen LogP contribution >= 0.6 is 0 Å². The van der Waals surface area contributed by atoms with Gasteiger partial charge in [0.15, 0.2) is 11.6 Å². The molecule has 0 saturated heterocycles.